The summed E-state index contributed by atoms with van der Waals surface area (Å²) in [4.78, 5) is 0.458. The van der Waals surface area contributed by atoms with Gasteiger partial charge in [-0.3, -0.25) is 0 Å². The first kappa shape index (κ1) is 19.8. The molecule has 3 aromatic rings. The average Bonchev–Trinajstić information content (AvgIpc) is 3.37. The van der Waals surface area contributed by atoms with Gasteiger partial charge < -0.3 is 0 Å². The van der Waals surface area contributed by atoms with Gasteiger partial charge in [0.25, 0.3) is 0 Å². The lowest BCUT2D eigenvalue weighted by molar-refractivity contribution is 0.428. The summed E-state index contributed by atoms with van der Waals surface area (Å²) < 4.78 is 30.3. The lowest BCUT2D eigenvalue weighted by Gasteiger charge is -2.21. The summed E-state index contributed by atoms with van der Waals surface area (Å²) in [5.74, 6) is 0. The van der Waals surface area contributed by atoms with Crippen molar-refractivity contribution in [2.75, 3.05) is 13.1 Å². The van der Waals surface area contributed by atoms with Crippen LogP contribution in [0, 0.1) is 27.7 Å². The van der Waals surface area contributed by atoms with E-state index in [1.807, 2.05) is 64.2 Å². The molecule has 4 rings (SSSR count). The Balaban J connectivity index is 1.60. The Morgan fingerprint density at radius 1 is 1.00 bits per heavy atom. The fourth-order valence-corrected chi connectivity index (χ4v) is 6.11. The Hall–Kier alpha value is -2.51. The van der Waals surface area contributed by atoms with Crippen LogP contribution in [-0.4, -0.2) is 40.8 Å². The average molecular weight is 411 g/mol. The van der Waals surface area contributed by atoms with Crippen molar-refractivity contribution in [3.05, 3.63) is 64.8 Å². The molecular formula is C22H26N4O2S. The van der Waals surface area contributed by atoms with E-state index in [1.165, 1.54) is 0 Å². The molecule has 1 fully saturated rings. The van der Waals surface area contributed by atoms with Gasteiger partial charge in [-0.15, -0.1) is 5.10 Å². The number of benzene rings is 2. The smallest absolute Gasteiger partial charge is 0.243 e. The van der Waals surface area contributed by atoms with Crippen LogP contribution in [0.1, 0.15) is 34.7 Å². The standard InChI is InChI=1S/C22H26N4O2S/c1-15-12-16(2)18(4)22(17(15)3)29(27,28)25-11-10-20(13-25)26-14-21(23-24-26)19-8-6-5-7-9-19/h5-9,12,14,20H,10-11,13H2,1-4H3. The first-order valence-corrected chi connectivity index (χ1v) is 11.3. The Morgan fingerprint density at radius 3 is 2.31 bits per heavy atom. The molecule has 1 aliphatic heterocycles. The fourth-order valence-electron chi connectivity index (χ4n) is 4.04. The van der Waals surface area contributed by atoms with Crippen molar-refractivity contribution >= 4 is 10.0 Å². The second-order valence-corrected chi connectivity index (χ2v) is 9.72. The highest BCUT2D eigenvalue weighted by Gasteiger charge is 2.36. The van der Waals surface area contributed by atoms with Crippen molar-refractivity contribution in [2.24, 2.45) is 0 Å². The van der Waals surface area contributed by atoms with E-state index in [2.05, 4.69) is 16.4 Å². The quantitative estimate of drug-likeness (QED) is 0.656. The van der Waals surface area contributed by atoms with E-state index >= 15 is 0 Å². The van der Waals surface area contributed by atoms with E-state index < -0.39 is 10.0 Å². The van der Waals surface area contributed by atoms with Gasteiger partial charge in [0.1, 0.15) is 5.69 Å². The first-order valence-electron chi connectivity index (χ1n) is 9.84. The first-order chi connectivity index (χ1) is 13.8. The minimum Gasteiger partial charge on any atom is -0.247 e. The maximum Gasteiger partial charge on any atom is 0.243 e. The lowest BCUT2D eigenvalue weighted by atomic mass is 10.0. The van der Waals surface area contributed by atoms with Crippen LogP contribution in [0.25, 0.3) is 11.3 Å². The van der Waals surface area contributed by atoms with E-state index in [-0.39, 0.29) is 6.04 Å². The summed E-state index contributed by atoms with van der Waals surface area (Å²) in [6, 6.07) is 11.9. The molecule has 0 spiro atoms. The number of sulfonamides is 1. The van der Waals surface area contributed by atoms with Gasteiger partial charge in [-0.2, -0.15) is 4.31 Å². The van der Waals surface area contributed by atoms with Crippen LogP contribution >= 0.6 is 0 Å². The third-order valence-electron chi connectivity index (χ3n) is 5.98. The molecular weight excluding hydrogens is 384 g/mol. The molecule has 7 heteroatoms. The second-order valence-electron chi connectivity index (χ2n) is 7.84. The van der Waals surface area contributed by atoms with E-state index in [0.29, 0.717) is 18.0 Å². The number of rotatable bonds is 4. The predicted octanol–water partition coefficient (Wildman–Crippen LogP) is 3.81. The molecule has 2 heterocycles. The van der Waals surface area contributed by atoms with Gasteiger partial charge in [0.2, 0.25) is 10.0 Å². The molecule has 1 aromatic heterocycles. The summed E-state index contributed by atoms with van der Waals surface area (Å²) in [7, 11) is -3.56. The molecule has 1 unspecified atom stereocenters. The largest absolute Gasteiger partial charge is 0.247 e. The van der Waals surface area contributed by atoms with Crippen LogP contribution in [0.3, 0.4) is 0 Å². The molecule has 0 radical (unpaired) electrons. The van der Waals surface area contributed by atoms with Crippen molar-refractivity contribution in [3.8, 4) is 11.3 Å². The highest BCUT2D eigenvalue weighted by Crippen LogP contribution is 2.33. The summed E-state index contributed by atoms with van der Waals surface area (Å²) >= 11 is 0. The van der Waals surface area contributed by atoms with Crippen LogP contribution < -0.4 is 0 Å². The number of hydrogen-bond acceptors (Lipinski definition) is 4. The molecule has 1 atom stereocenters. The normalized spacial score (nSPS) is 17.7. The van der Waals surface area contributed by atoms with Crippen LogP contribution in [-0.2, 0) is 10.0 Å². The third-order valence-corrected chi connectivity index (χ3v) is 8.11. The minimum absolute atomic E-state index is 0.0127. The number of aryl methyl sites for hydroxylation is 2. The van der Waals surface area contributed by atoms with E-state index in [1.54, 1.807) is 8.99 Å². The molecule has 0 amide bonds. The topological polar surface area (TPSA) is 68.1 Å². The van der Waals surface area contributed by atoms with Crippen molar-refractivity contribution in [3.63, 3.8) is 0 Å². The molecule has 1 saturated heterocycles. The molecule has 0 bridgehead atoms. The zero-order valence-corrected chi connectivity index (χ0v) is 18.1. The van der Waals surface area contributed by atoms with Crippen molar-refractivity contribution in [1.82, 2.24) is 19.3 Å². The molecule has 29 heavy (non-hydrogen) atoms. The maximum atomic E-state index is 13.5. The Kier molecular flexibility index (Phi) is 5.04. The van der Waals surface area contributed by atoms with Gasteiger partial charge in [0.15, 0.2) is 0 Å². The molecule has 2 aromatic carbocycles. The van der Waals surface area contributed by atoms with Crippen LogP contribution in [0.15, 0.2) is 47.5 Å². The molecule has 152 valence electrons. The molecule has 0 aliphatic carbocycles. The second kappa shape index (κ2) is 7.39. The van der Waals surface area contributed by atoms with Crippen molar-refractivity contribution < 1.29 is 8.42 Å². The van der Waals surface area contributed by atoms with E-state index in [4.69, 9.17) is 0 Å². The van der Waals surface area contributed by atoms with Crippen LogP contribution in [0.2, 0.25) is 0 Å². The van der Waals surface area contributed by atoms with Gasteiger partial charge in [0.05, 0.1) is 17.1 Å². The Bertz CT molecular complexity index is 1130. The summed E-state index contributed by atoms with van der Waals surface area (Å²) in [6.45, 7) is 8.62. The van der Waals surface area contributed by atoms with Crippen LogP contribution in [0.4, 0.5) is 0 Å². The maximum absolute atomic E-state index is 13.5. The van der Waals surface area contributed by atoms with Gasteiger partial charge in [0, 0.05) is 18.7 Å². The van der Waals surface area contributed by atoms with Gasteiger partial charge in [-0.05, 0) is 56.4 Å². The minimum atomic E-state index is -3.56. The predicted molar refractivity (Wildman–Crippen MR) is 113 cm³/mol. The van der Waals surface area contributed by atoms with Gasteiger partial charge in [-0.25, -0.2) is 13.1 Å². The van der Waals surface area contributed by atoms with Crippen LogP contribution in [0.5, 0.6) is 0 Å². The van der Waals surface area contributed by atoms with Crippen molar-refractivity contribution in [1.29, 1.82) is 0 Å². The monoisotopic (exact) mass is 410 g/mol. The summed E-state index contributed by atoms with van der Waals surface area (Å²) in [5, 5.41) is 8.55. The van der Waals surface area contributed by atoms with E-state index in [9.17, 15) is 8.42 Å². The lowest BCUT2D eigenvalue weighted by Crippen LogP contribution is -2.30. The SMILES string of the molecule is Cc1cc(C)c(C)c(S(=O)(=O)N2CCC(n3cc(-c4ccccc4)nn3)C2)c1C. The fraction of sp³-hybridized carbons (Fsp3) is 0.364. The third kappa shape index (κ3) is 3.49. The highest BCUT2D eigenvalue weighted by atomic mass is 32.2. The molecule has 0 N–H and O–H groups in total. The molecule has 1 aliphatic rings. The number of aromatic nitrogens is 3. The Labute approximate surface area is 172 Å². The number of hydrogen-bond donors (Lipinski definition) is 0. The molecule has 0 saturated carbocycles. The Morgan fingerprint density at radius 2 is 1.66 bits per heavy atom. The zero-order chi connectivity index (χ0) is 20.8. The van der Waals surface area contributed by atoms with E-state index in [0.717, 1.165) is 39.9 Å². The summed E-state index contributed by atoms with van der Waals surface area (Å²) in [6.07, 6.45) is 2.63. The van der Waals surface area contributed by atoms with Gasteiger partial charge in [-0.1, -0.05) is 41.6 Å². The zero-order valence-electron chi connectivity index (χ0n) is 17.3. The van der Waals surface area contributed by atoms with Crippen molar-refractivity contribution in [2.45, 2.75) is 45.1 Å². The highest BCUT2D eigenvalue weighted by molar-refractivity contribution is 7.89. The molecule has 6 nitrogen and oxygen atoms in total. The summed E-state index contributed by atoms with van der Waals surface area (Å²) in [5.41, 5.74) is 5.49. The van der Waals surface area contributed by atoms with Gasteiger partial charge >= 0.3 is 0 Å². The number of nitrogens with zero attached hydrogens (tertiary/aromatic N) is 4.